The monoisotopic (exact) mass is 608 g/mol. The van der Waals surface area contributed by atoms with Gasteiger partial charge in [0, 0.05) is 33.1 Å². The van der Waals surface area contributed by atoms with Crippen molar-refractivity contribution in [3.8, 4) is 0 Å². The molecule has 3 rings (SSSR count). The van der Waals surface area contributed by atoms with E-state index in [0.29, 0.717) is 10.1 Å². The second kappa shape index (κ2) is 9.53. The standard InChI is InChI=1S/C20H10BrF9N2O3S/c21-12-7-11(18(24,19(25,26)27)20(28,29)30)8-14(36(35)17(22)23)15(12)31-16(33)10-4-3-9-2-1-5-32(34)13(9)6-10/h1-8,17H,(H,31,33). The fraction of sp³-hybridized carbons (Fsp3) is 0.200. The maximum atomic E-state index is 14.5. The Balaban J connectivity index is 2.17. The highest BCUT2D eigenvalue weighted by Gasteiger charge is 2.73. The van der Waals surface area contributed by atoms with Gasteiger partial charge in [-0.25, -0.2) is 8.60 Å². The lowest BCUT2D eigenvalue weighted by Gasteiger charge is -2.31. The zero-order chi connectivity index (χ0) is 27.2. The third kappa shape index (κ3) is 4.87. The number of benzene rings is 2. The number of alkyl halides is 9. The van der Waals surface area contributed by atoms with Gasteiger partial charge in [-0.2, -0.15) is 39.9 Å². The fourth-order valence-corrected chi connectivity index (χ4v) is 4.64. The van der Waals surface area contributed by atoms with Gasteiger partial charge < -0.3 is 10.5 Å². The molecule has 2 aromatic carbocycles. The van der Waals surface area contributed by atoms with Crippen LogP contribution in [0.2, 0.25) is 0 Å². The highest BCUT2D eigenvalue weighted by Crippen LogP contribution is 2.54. The van der Waals surface area contributed by atoms with Crippen molar-refractivity contribution in [3.63, 3.8) is 0 Å². The van der Waals surface area contributed by atoms with Crippen LogP contribution < -0.4 is 10.0 Å². The molecule has 5 nitrogen and oxygen atoms in total. The third-order valence-electron chi connectivity index (χ3n) is 4.88. The van der Waals surface area contributed by atoms with Crippen LogP contribution in [0.25, 0.3) is 10.9 Å². The molecule has 0 aliphatic carbocycles. The molecule has 1 atom stereocenters. The SMILES string of the molecule is O=C(Nc1c(Br)cc(C(F)(C(F)(F)F)C(F)(F)F)cc1S(=O)C(F)F)c1ccc2ccc[n+]([O-])c2c1. The molecule has 0 saturated carbocycles. The minimum Gasteiger partial charge on any atom is -0.618 e. The largest absolute Gasteiger partial charge is 0.618 e. The average Bonchev–Trinajstić information content (AvgIpc) is 2.77. The number of carbonyl (C=O) groups is 1. The van der Waals surface area contributed by atoms with Crippen molar-refractivity contribution in [2.24, 2.45) is 0 Å². The number of amides is 1. The molecular formula is C20H10BrF9N2O3S. The molecule has 0 radical (unpaired) electrons. The molecule has 0 bridgehead atoms. The molecule has 16 heteroatoms. The zero-order valence-electron chi connectivity index (χ0n) is 17.1. The van der Waals surface area contributed by atoms with Crippen molar-refractivity contribution >= 4 is 49.2 Å². The van der Waals surface area contributed by atoms with Crippen LogP contribution in [-0.4, -0.2) is 28.2 Å². The molecule has 36 heavy (non-hydrogen) atoms. The summed E-state index contributed by atoms with van der Waals surface area (Å²) >= 11 is 2.54. The van der Waals surface area contributed by atoms with Crippen molar-refractivity contribution in [3.05, 3.63) is 69.5 Å². The number of nitrogens with one attached hydrogen (secondary N) is 1. The first-order valence-corrected chi connectivity index (χ1v) is 11.3. The molecule has 1 heterocycles. The molecule has 1 unspecified atom stereocenters. The summed E-state index contributed by atoms with van der Waals surface area (Å²) in [5.74, 6) is -4.98. The summed E-state index contributed by atoms with van der Waals surface area (Å²) in [6.45, 7) is 0. The van der Waals surface area contributed by atoms with Crippen LogP contribution in [0.3, 0.4) is 0 Å². The van der Waals surface area contributed by atoms with Gasteiger partial charge in [-0.15, -0.1) is 0 Å². The molecule has 0 saturated heterocycles. The summed E-state index contributed by atoms with van der Waals surface area (Å²) in [5, 5.41) is 14.3. The Kier molecular flexibility index (Phi) is 7.34. The maximum absolute atomic E-state index is 14.5. The lowest BCUT2D eigenvalue weighted by Crippen LogP contribution is -2.50. The van der Waals surface area contributed by atoms with Crippen LogP contribution in [0.4, 0.5) is 45.2 Å². The van der Waals surface area contributed by atoms with Gasteiger partial charge in [0.25, 0.3) is 5.91 Å². The van der Waals surface area contributed by atoms with Gasteiger partial charge in [-0.05, 0) is 46.3 Å². The highest BCUT2D eigenvalue weighted by atomic mass is 79.9. The van der Waals surface area contributed by atoms with E-state index in [2.05, 4.69) is 15.9 Å². The summed E-state index contributed by atoms with van der Waals surface area (Å²) in [7, 11) is -3.59. The number of fused-ring (bicyclic) bond motifs is 1. The van der Waals surface area contributed by atoms with E-state index in [4.69, 9.17) is 0 Å². The number of nitrogens with zero attached hydrogens (tertiary/aromatic N) is 1. The Hall–Kier alpha value is -2.88. The third-order valence-corrected chi connectivity index (χ3v) is 6.58. The van der Waals surface area contributed by atoms with Crippen molar-refractivity contribution in [1.29, 1.82) is 0 Å². The number of hydrogen-bond acceptors (Lipinski definition) is 3. The average molecular weight is 609 g/mol. The van der Waals surface area contributed by atoms with Crippen LogP contribution in [0.5, 0.6) is 0 Å². The highest BCUT2D eigenvalue weighted by molar-refractivity contribution is 9.10. The quantitative estimate of drug-likeness (QED) is 0.216. The van der Waals surface area contributed by atoms with E-state index in [9.17, 15) is 53.7 Å². The number of aromatic nitrogens is 1. The maximum Gasteiger partial charge on any atom is 0.435 e. The normalized spacial score (nSPS) is 13.8. The molecular weight excluding hydrogens is 599 g/mol. The van der Waals surface area contributed by atoms with E-state index in [0.717, 1.165) is 12.3 Å². The molecule has 1 aromatic heterocycles. The van der Waals surface area contributed by atoms with E-state index >= 15 is 0 Å². The predicted octanol–water partition coefficient (Wildman–Crippen LogP) is 6.11. The summed E-state index contributed by atoms with van der Waals surface area (Å²) < 4.78 is 132. The first kappa shape index (κ1) is 27.7. The molecule has 1 amide bonds. The van der Waals surface area contributed by atoms with Gasteiger partial charge in [0.05, 0.1) is 10.6 Å². The van der Waals surface area contributed by atoms with Gasteiger partial charge >= 0.3 is 23.8 Å². The molecule has 0 fully saturated rings. The smallest absolute Gasteiger partial charge is 0.435 e. The predicted molar refractivity (Wildman–Crippen MR) is 112 cm³/mol. The van der Waals surface area contributed by atoms with Gasteiger partial charge in [0.2, 0.25) is 5.52 Å². The van der Waals surface area contributed by atoms with Gasteiger partial charge in [-0.1, -0.05) is 0 Å². The minimum absolute atomic E-state index is 0.00601. The second-order valence-electron chi connectivity index (χ2n) is 7.10. The van der Waals surface area contributed by atoms with Crippen molar-refractivity contribution in [2.75, 3.05) is 5.32 Å². The summed E-state index contributed by atoms with van der Waals surface area (Å²) in [4.78, 5) is 11.3. The Labute approximate surface area is 206 Å². The Morgan fingerprint density at radius 3 is 2.17 bits per heavy atom. The van der Waals surface area contributed by atoms with E-state index < -0.39 is 61.1 Å². The first-order chi connectivity index (χ1) is 16.5. The zero-order valence-corrected chi connectivity index (χ0v) is 19.5. The van der Waals surface area contributed by atoms with Crippen molar-refractivity contribution in [2.45, 2.75) is 28.7 Å². The molecule has 0 aliphatic rings. The fourth-order valence-electron chi connectivity index (χ4n) is 3.15. The molecule has 0 spiro atoms. The Morgan fingerprint density at radius 2 is 1.61 bits per heavy atom. The molecule has 3 aromatic rings. The minimum atomic E-state index is -6.57. The number of rotatable bonds is 5. The molecule has 194 valence electrons. The van der Waals surface area contributed by atoms with E-state index in [1.54, 1.807) is 0 Å². The Bertz CT molecular complexity index is 1350. The Morgan fingerprint density at radius 1 is 1.00 bits per heavy atom. The number of carbonyl (C=O) groups excluding carboxylic acids is 1. The van der Waals surface area contributed by atoms with Crippen molar-refractivity contribution in [1.82, 2.24) is 0 Å². The van der Waals surface area contributed by atoms with Crippen molar-refractivity contribution < 1.29 is 53.2 Å². The lowest BCUT2D eigenvalue weighted by atomic mass is 9.94. The summed E-state index contributed by atoms with van der Waals surface area (Å²) in [6, 6.07) is 6.21. The molecule has 1 N–H and O–H groups in total. The van der Waals surface area contributed by atoms with Gasteiger partial charge in [0.15, 0.2) is 6.20 Å². The number of hydrogen-bond donors (Lipinski definition) is 1. The van der Waals surface area contributed by atoms with E-state index in [-0.39, 0.29) is 23.2 Å². The first-order valence-electron chi connectivity index (χ1n) is 9.27. The van der Waals surface area contributed by atoms with Crippen LogP contribution >= 0.6 is 15.9 Å². The van der Waals surface area contributed by atoms with Gasteiger partial charge in [-0.3, -0.25) is 4.79 Å². The molecule has 0 aliphatic heterocycles. The van der Waals surface area contributed by atoms with Crippen LogP contribution in [0.15, 0.2) is 58.0 Å². The van der Waals surface area contributed by atoms with Crippen LogP contribution in [0.1, 0.15) is 15.9 Å². The summed E-state index contributed by atoms with van der Waals surface area (Å²) in [5.41, 5.74) is -9.36. The van der Waals surface area contributed by atoms with E-state index in [1.165, 1.54) is 24.3 Å². The van der Waals surface area contributed by atoms with E-state index in [1.807, 2.05) is 5.32 Å². The summed E-state index contributed by atoms with van der Waals surface area (Å²) in [6.07, 6.45) is -12.0. The lowest BCUT2D eigenvalue weighted by molar-refractivity contribution is -0.577. The van der Waals surface area contributed by atoms with Gasteiger partial charge in [0.1, 0.15) is 10.8 Å². The number of halogens is 10. The van der Waals surface area contributed by atoms with Crippen LogP contribution in [0, 0.1) is 5.21 Å². The van der Waals surface area contributed by atoms with Crippen LogP contribution in [-0.2, 0) is 16.5 Å². The number of anilines is 1. The topological polar surface area (TPSA) is 73.1 Å². The second-order valence-corrected chi connectivity index (χ2v) is 9.35. The number of pyridine rings is 1.